The third-order valence-corrected chi connectivity index (χ3v) is 3.86. The molecule has 4 heteroatoms. The number of carbonyl (C=O) groups excluding carboxylic acids is 1. The van der Waals surface area contributed by atoms with Gasteiger partial charge in [0.2, 0.25) is 5.91 Å². The van der Waals surface area contributed by atoms with Crippen molar-refractivity contribution in [1.29, 1.82) is 0 Å². The number of aliphatic hydroxyl groups excluding tert-OH is 1. The van der Waals surface area contributed by atoms with E-state index >= 15 is 0 Å². The largest absolute Gasteiger partial charge is 0.391 e. The molecule has 0 radical (unpaired) electrons. The molecule has 124 valence electrons. The van der Waals surface area contributed by atoms with Gasteiger partial charge in [-0.1, -0.05) is 38.7 Å². The molecule has 0 heterocycles. The Kier molecular flexibility index (Phi) is 11.3. The topological polar surface area (TPSA) is 40.5 Å². The van der Waals surface area contributed by atoms with Gasteiger partial charge >= 0.3 is 0 Å². The maximum Gasteiger partial charge on any atom is 0.246 e. The highest BCUT2D eigenvalue weighted by atomic mass is 16.3. The van der Waals surface area contributed by atoms with Crippen molar-refractivity contribution in [3.8, 4) is 0 Å². The van der Waals surface area contributed by atoms with Crippen molar-refractivity contribution >= 4 is 5.91 Å². The summed E-state index contributed by atoms with van der Waals surface area (Å²) < 4.78 is 0.731. The summed E-state index contributed by atoms with van der Waals surface area (Å²) in [5, 5.41) is 8.99. The lowest BCUT2D eigenvalue weighted by molar-refractivity contribution is -0.889. The number of allylic oxidation sites excluding steroid dienone is 1. The summed E-state index contributed by atoms with van der Waals surface area (Å²) in [6.45, 7) is 4.69. The third kappa shape index (κ3) is 11.5. The van der Waals surface area contributed by atoms with Crippen LogP contribution < -0.4 is 0 Å². The number of hydrogen-bond donors (Lipinski definition) is 1. The van der Waals surface area contributed by atoms with E-state index in [9.17, 15) is 4.79 Å². The highest BCUT2D eigenvalue weighted by Crippen LogP contribution is 2.05. The van der Waals surface area contributed by atoms with E-state index in [2.05, 4.69) is 21.0 Å². The summed E-state index contributed by atoms with van der Waals surface area (Å²) in [7, 11) is 5.98. The third-order valence-electron chi connectivity index (χ3n) is 3.86. The molecule has 0 spiro atoms. The van der Waals surface area contributed by atoms with Crippen LogP contribution in [0.15, 0.2) is 12.2 Å². The van der Waals surface area contributed by atoms with E-state index < -0.39 is 0 Å². The molecule has 0 unspecified atom stereocenters. The van der Waals surface area contributed by atoms with Crippen molar-refractivity contribution in [2.45, 2.75) is 45.4 Å². The van der Waals surface area contributed by atoms with Gasteiger partial charge in [-0.25, -0.2) is 0 Å². The van der Waals surface area contributed by atoms with Crippen LogP contribution in [0.2, 0.25) is 0 Å². The summed E-state index contributed by atoms with van der Waals surface area (Å²) in [4.78, 5) is 13.7. The lowest BCUT2D eigenvalue weighted by atomic mass is 10.1. The van der Waals surface area contributed by atoms with Crippen molar-refractivity contribution in [3.63, 3.8) is 0 Å². The second kappa shape index (κ2) is 11.8. The van der Waals surface area contributed by atoms with Gasteiger partial charge in [0.05, 0.1) is 33.8 Å². The predicted octanol–water partition coefficient (Wildman–Crippen LogP) is 2.43. The van der Waals surface area contributed by atoms with Gasteiger partial charge in [0, 0.05) is 7.05 Å². The minimum atomic E-state index is 0.0764. The SMILES string of the molecule is CCCCCCC/C=C/C(=O)N(C)CC[N+](C)(C)CCO. The first-order valence-electron chi connectivity index (χ1n) is 8.27. The average Bonchev–Trinajstić information content (AvgIpc) is 2.43. The summed E-state index contributed by atoms with van der Waals surface area (Å²) in [5.74, 6) is 0.0764. The number of hydrogen-bond acceptors (Lipinski definition) is 2. The van der Waals surface area contributed by atoms with Crippen LogP contribution in [0.3, 0.4) is 0 Å². The smallest absolute Gasteiger partial charge is 0.246 e. The molecule has 0 fully saturated rings. The van der Waals surface area contributed by atoms with E-state index in [1.807, 2.05) is 13.1 Å². The Morgan fingerprint density at radius 1 is 1.14 bits per heavy atom. The molecule has 0 aliphatic carbocycles. The van der Waals surface area contributed by atoms with E-state index in [0.717, 1.165) is 24.0 Å². The number of quaternary nitrogens is 1. The minimum Gasteiger partial charge on any atom is -0.391 e. The summed E-state index contributed by atoms with van der Waals surface area (Å²) >= 11 is 0. The molecule has 0 saturated heterocycles. The first-order valence-corrected chi connectivity index (χ1v) is 8.27. The van der Waals surface area contributed by atoms with Gasteiger partial charge in [-0.05, 0) is 18.9 Å². The minimum absolute atomic E-state index is 0.0764. The maximum absolute atomic E-state index is 11.9. The Hall–Kier alpha value is -0.870. The molecule has 0 atom stereocenters. The quantitative estimate of drug-likeness (QED) is 0.341. The summed E-state index contributed by atoms with van der Waals surface area (Å²) in [6, 6.07) is 0. The average molecular weight is 299 g/mol. The van der Waals surface area contributed by atoms with Gasteiger partial charge in [-0.3, -0.25) is 4.79 Å². The van der Waals surface area contributed by atoms with Crippen LogP contribution >= 0.6 is 0 Å². The lowest BCUT2D eigenvalue weighted by Crippen LogP contribution is -2.47. The highest BCUT2D eigenvalue weighted by Gasteiger charge is 2.16. The standard InChI is InChI=1S/C17H35N2O2/c1-5-6-7-8-9-10-11-12-17(21)18(2)13-14-19(3,4)15-16-20/h11-12,20H,5-10,13-16H2,1-4H3/q+1/b12-11+. The van der Waals surface area contributed by atoms with Crippen LogP contribution in [-0.4, -0.2) is 67.8 Å². The molecule has 0 aliphatic rings. The molecule has 1 amide bonds. The molecule has 0 rings (SSSR count). The first-order chi connectivity index (χ1) is 9.93. The zero-order chi connectivity index (χ0) is 16.1. The van der Waals surface area contributed by atoms with Gasteiger partial charge < -0.3 is 14.5 Å². The maximum atomic E-state index is 11.9. The fraction of sp³-hybridized carbons (Fsp3) is 0.824. The Bertz CT molecular complexity index is 301. The van der Waals surface area contributed by atoms with E-state index in [1.54, 1.807) is 11.0 Å². The molecule has 1 N–H and O–H groups in total. The molecular formula is C17H35N2O2+. The first kappa shape index (κ1) is 20.1. The van der Waals surface area contributed by atoms with Crippen molar-refractivity contribution in [2.24, 2.45) is 0 Å². The zero-order valence-electron chi connectivity index (χ0n) is 14.5. The van der Waals surface area contributed by atoms with Gasteiger partial charge in [0.1, 0.15) is 6.54 Å². The molecule has 0 bridgehead atoms. The number of amides is 1. The van der Waals surface area contributed by atoms with Gasteiger partial charge in [-0.15, -0.1) is 0 Å². The molecule has 21 heavy (non-hydrogen) atoms. The molecule has 4 nitrogen and oxygen atoms in total. The van der Waals surface area contributed by atoms with Gasteiger partial charge in [-0.2, -0.15) is 0 Å². The van der Waals surface area contributed by atoms with E-state index in [-0.39, 0.29) is 12.5 Å². The van der Waals surface area contributed by atoms with Crippen LogP contribution in [-0.2, 0) is 4.79 Å². The molecule has 0 aromatic rings. The van der Waals surface area contributed by atoms with E-state index in [4.69, 9.17) is 5.11 Å². The van der Waals surface area contributed by atoms with Crippen LogP contribution in [0.25, 0.3) is 0 Å². The van der Waals surface area contributed by atoms with Crippen molar-refractivity contribution in [2.75, 3.05) is 47.4 Å². The Morgan fingerprint density at radius 2 is 1.81 bits per heavy atom. The number of rotatable bonds is 12. The fourth-order valence-corrected chi connectivity index (χ4v) is 2.09. The molecule has 0 aromatic carbocycles. The second-order valence-corrected chi connectivity index (χ2v) is 6.47. The van der Waals surface area contributed by atoms with Crippen molar-refractivity contribution in [3.05, 3.63) is 12.2 Å². The Labute approximate surface area is 131 Å². The predicted molar refractivity (Wildman–Crippen MR) is 89.1 cm³/mol. The summed E-state index contributed by atoms with van der Waals surface area (Å²) in [5.41, 5.74) is 0. The van der Waals surface area contributed by atoms with Crippen LogP contribution in [0.5, 0.6) is 0 Å². The number of nitrogens with zero attached hydrogens (tertiary/aromatic N) is 2. The summed E-state index contributed by atoms with van der Waals surface area (Å²) in [6.07, 6.45) is 11.0. The number of carbonyl (C=O) groups is 1. The normalized spacial score (nSPS) is 12.0. The van der Waals surface area contributed by atoms with Crippen molar-refractivity contribution < 1.29 is 14.4 Å². The molecular weight excluding hydrogens is 264 g/mol. The number of likely N-dealkylation sites (N-methyl/N-ethyl adjacent to an activating group) is 2. The van der Waals surface area contributed by atoms with E-state index in [0.29, 0.717) is 6.54 Å². The highest BCUT2D eigenvalue weighted by molar-refractivity contribution is 5.87. The zero-order valence-corrected chi connectivity index (χ0v) is 14.5. The second-order valence-electron chi connectivity index (χ2n) is 6.47. The Balaban J connectivity index is 3.83. The monoisotopic (exact) mass is 299 g/mol. The lowest BCUT2D eigenvalue weighted by Gasteiger charge is -2.30. The fourth-order valence-electron chi connectivity index (χ4n) is 2.09. The van der Waals surface area contributed by atoms with Crippen LogP contribution in [0, 0.1) is 0 Å². The molecule has 0 aromatic heterocycles. The molecule has 0 saturated carbocycles. The van der Waals surface area contributed by atoms with E-state index in [1.165, 1.54) is 32.1 Å². The van der Waals surface area contributed by atoms with Gasteiger partial charge in [0.15, 0.2) is 0 Å². The van der Waals surface area contributed by atoms with Crippen LogP contribution in [0.1, 0.15) is 45.4 Å². The Morgan fingerprint density at radius 3 is 2.43 bits per heavy atom. The number of unbranched alkanes of at least 4 members (excludes halogenated alkanes) is 5. The molecule has 0 aliphatic heterocycles. The number of aliphatic hydroxyl groups is 1. The van der Waals surface area contributed by atoms with Crippen LogP contribution in [0.4, 0.5) is 0 Å². The van der Waals surface area contributed by atoms with Crippen molar-refractivity contribution in [1.82, 2.24) is 4.90 Å². The van der Waals surface area contributed by atoms with Gasteiger partial charge in [0.25, 0.3) is 0 Å².